The summed E-state index contributed by atoms with van der Waals surface area (Å²) in [5, 5.41) is 0. The van der Waals surface area contributed by atoms with Gasteiger partial charge in [-0.05, 0) is 18.2 Å². The Labute approximate surface area is 123 Å². The van der Waals surface area contributed by atoms with Gasteiger partial charge in [-0.1, -0.05) is 36.4 Å². The van der Waals surface area contributed by atoms with E-state index in [-0.39, 0.29) is 5.78 Å². The molecule has 21 heavy (non-hydrogen) atoms. The summed E-state index contributed by atoms with van der Waals surface area (Å²) in [7, 11) is 0. The summed E-state index contributed by atoms with van der Waals surface area (Å²) in [5.41, 5.74) is 2.52. The fraction of sp³-hybridized carbons (Fsp3) is 0.0556. The molecule has 1 aromatic carbocycles. The van der Waals surface area contributed by atoms with Crippen molar-refractivity contribution in [1.29, 1.82) is 0 Å². The number of aromatic nitrogens is 2. The Morgan fingerprint density at radius 1 is 0.905 bits per heavy atom. The quantitative estimate of drug-likeness (QED) is 0.542. The van der Waals surface area contributed by atoms with Gasteiger partial charge in [-0.2, -0.15) is 4.57 Å². The number of Topliss-reactive ketones (excluding diaryl/α,β-unsaturated/α-hetero) is 1. The van der Waals surface area contributed by atoms with Crippen molar-refractivity contribution < 1.29 is 9.36 Å². The van der Waals surface area contributed by atoms with Crippen LogP contribution in [0.25, 0.3) is 11.4 Å². The Balaban J connectivity index is 1.92. The van der Waals surface area contributed by atoms with E-state index in [0.29, 0.717) is 6.54 Å². The van der Waals surface area contributed by atoms with E-state index >= 15 is 0 Å². The van der Waals surface area contributed by atoms with Crippen molar-refractivity contribution in [3.63, 3.8) is 0 Å². The van der Waals surface area contributed by atoms with Crippen LogP contribution in [0.4, 0.5) is 0 Å². The van der Waals surface area contributed by atoms with Gasteiger partial charge in [-0.3, -0.25) is 4.79 Å². The van der Waals surface area contributed by atoms with E-state index in [2.05, 4.69) is 4.98 Å². The Morgan fingerprint density at radius 2 is 1.67 bits per heavy atom. The highest BCUT2D eigenvalue weighted by atomic mass is 16.1. The van der Waals surface area contributed by atoms with Gasteiger partial charge in [0.25, 0.3) is 0 Å². The minimum absolute atomic E-state index is 0.0870. The zero-order valence-electron chi connectivity index (χ0n) is 11.5. The van der Waals surface area contributed by atoms with Crippen LogP contribution in [-0.2, 0) is 6.54 Å². The molecular formula is C18H15N2O+. The molecule has 3 rings (SSSR count). The number of hydrogen-bond donors (Lipinski definition) is 0. The lowest BCUT2D eigenvalue weighted by Gasteiger charge is -2.03. The first-order chi connectivity index (χ1) is 10.3. The number of carbonyl (C=O) groups is 1. The second kappa shape index (κ2) is 6.09. The highest BCUT2D eigenvalue weighted by Gasteiger charge is 2.17. The summed E-state index contributed by atoms with van der Waals surface area (Å²) in [4.78, 5) is 16.7. The lowest BCUT2D eigenvalue weighted by Crippen LogP contribution is -2.39. The molecule has 0 aliphatic rings. The molecule has 0 bridgehead atoms. The number of nitrogens with zero attached hydrogens (tertiary/aromatic N) is 2. The molecule has 3 heteroatoms. The van der Waals surface area contributed by atoms with E-state index in [1.54, 1.807) is 6.20 Å². The van der Waals surface area contributed by atoms with Crippen molar-refractivity contribution >= 4 is 5.78 Å². The van der Waals surface area contributed by atoms with Gasteiger partial charge in [0.15, 0.2) is 6.20 Å². The van der Waals surface area contributed by atoms with Crippen LogP contribution in [0.3, 0.4) is 0 Å². The maximum absolute atomic E-state index is 12.4. The molecule has 0 saturated heterocycles. The summed E-state index contributed by atoms with van der Waals surface area (Å²) < 4.78 is 1.93. The molecule has 0 spiro atoms. The molecule has 2 heterocycles. The van der Waals surface area contributed by atoms with Crippen molar-refractivity contribution in [3.05, 3.63) is 84.7 Å². The average Bonchev–Trinajstić information content (AvgIpc) is 2.57. The Bertz CT molecular complexity index is 739. The number of benzene rings is 1. The summed E-state index contributed by atoms with van der Waals surface area (Å²) in [5.74, 6) is 0.0870. The lowest BCUT2D eigenvalue weighted by molar-refractivity contribution is -0.672. The number of ketones is 1. The normalized spacial score (nSPS) is 10.3. The molecule has 3 aromatic rings. The Hall–Kier alpha value is -2.81. The molecule has 0 saturated carbocycles. The molecule has 0 fully saturated rings. The molecule has 0 atom stereocenters. The molecule has 3 nitrogen and oxygen atoms in total. The SMILES string of the molecule is O=C(C[n+]1ccccc1-c1ccccn1)c1ccccc1. The molecular weight excluding hydrogens is 260 g/mol. The van der Waals surface area contributed by atoms with Gasteiger partial charge >= 0.3 is 0 Å². The summed E-state index contributed by atoms with van der Waals surface area (Å²) in [6.07, 6.45) is 3.66. The lowest BCUT2D eigenvalue weighted by atomic mass is 10.1. The predicted octanol–water partition coefficient (Wildman–Crippen LogP) is 2.92. The average molecular weight is 275 g/mol. The van der Waals surface area contributed by atoms with Crippen LogP contribution in [0.15, 0.2) is 79.1 Å². The molecule has 0 amide bonds. The van der Waals surface area contributed by atoms with Crippen LogP contribution in [0.1, 0.15) is 10.4 Å². The minimum atomic E-state index is 0.0870. The second-order valence-corrected chi connectivity index (χ2v) is 4.72. The Morgan fingerprint density at radius 3 is 2.43 bits per heavy atom. The van der Waals surface area contributed by atoms with E-state index in [0.717, 1.165) is 17.0 Å². The van der Waals surface area contributed by atoms with Crippen molar-refractivity contribution in [1.82, 2.24) is 4.98 Å². The smallest absolute Gasteiger partial charge is 0.231 e. The Kier molecular flexibility index (Phi) is 3.83. The maximum atomic E-state index is 12.4. The maximum Gasteiger partial charge on any atom is 0.231 e. The standard InChI is InChI=1S/C18H15N2O/c21-18(15-8-2-1-3-9-15)14-20-13-7-5-11-17(20)16-10-4-6-12-19-16/h1-13H,14H2/q+1. The summed E-state index contributed by atoms with van der Waals surface area (Å²) >= 11 is 0. The number of pyridine rings is 2. The second-order valence-electron chi connectivity index (χ2n) is 4.72. The van der Waals surface area contributed by atoms with Gasteiger partial charge in [0.2, 0.25) is 18.0 Å². The molecule has 102 valence electrons. The van der Waals surface area contributed by atoms with Crippen molar-refractivity contribution in [2.24, 2.45) is 0 Å². The molecule has 0 unspecified atom stereocenters. The van der Waals surface area contributed by atoms with Crippen LogP contribution in [0.2, 0.25) is 0 Å². The zero-order valence-corrected chi connectivity index (χ0v) is 11.5. The number of carbonyl (C=O) groups excluding carboxylic acids is 1. The zero-order chi connectivity index (χ0) is 14.5. The van der Waals surface area contributed by atoms with Gasteiger partial charge < -0.3 is 0 Å². The molecule has 0 aliphatic heterocycles. The monoisotopic (exact) mass is 275 g/mol. The third-order valence-electron chi connectivity index (χ3n) is 3.28. The van der Waals surface area contributed by atoms with E-state index < -0.39 is 0 Å². The molecule has 0 N–H and O–H groups in total. The first-order valence-corrected chi connectivity index (χ1v) is 6.83. The van der Waals surface area contributed by atoms with Gasteiger partial charge in [0.05, 0.1) is 0 Å². The van der Waals surface area contributed by atoms with E-state index in [9.17, 15) is 4.79 Å². The van der Waals surface area contributed by atoms with Crippen LogP contribution in [0.5, 0.6) is 0 Å². The van der Waals surface area contributed by atoms with Crippen LogP contribution >= 0.6 is 0 Å². The van der Waals surface area contributed by atoms with Crippen molar-refractivity contribution in [2.45, 2.75) is 6.54 Å². The highest BCUT2D eigenvalue weighted by Crippen LogP contribution is 2.11. The van der Waals surface area contributed by atoms with Crippen molar-refractivity contribution in [2.75, 3.05) is 0 Å². The fourth-order valence-corrected chi connectivity index (χ4v) is 2.23. The van der Waals surface area contributed by atoms with Gasteiger partial charge in [-0.25, -0.2) is 4.98 Å². The third kappa shape index (κ3) is 3.03. The van der Waals surface area contributed by atoms with Gasteiger partial charge in [-0.15, -0.1) is 0 Å². The van der Waals surface area contributed by atoms with E-state index in [1.807, 2.05) is 77.5 Å². The minimum Gasteiger partial charge on any atom is -0.287 e. The van der Waals surface area contributed by atoms with Crippen molar-refractivity contribution in [3.8, 4) is 11.4 Å². The summed E-state index contributed by atoms with van der Waals surface area (Å²) in [6.45, 7) is 0.302. The van der Waals surface area contributed by atoms with Crippen LogP contribution < -0.4 is 4.57 Å². The first-order valence-electron chi connectivity index (χ1n) is 6.83. The first kappa shape index (κ1) is 13.2. The van der Waals surface area contributed by atoms with E-state index in [4.69, 9.17) is 0 Å². The summed E-state index contributed by atoms with van der Waals surface area (Å²) in [6, 6.07) is 21.0. The molecule has 0 radical (unpaired) electrons. The topological polar surface area (TPSA) is 33.8 Å². The third-order valence-corrected chi connectivity index (χ3v) is 3.28. The highest BCUT2D eigenvalue weighted by molar-refractivity contribution is 5.95. The molecule has 2 aromatic heterocycles. The fourth-order valence-electron chi connectivity index (χ4n) is 2.23. The van der Waals surface area contributed by atoms with Crippen LogP contribution in [-0.4, -0.2) is 10.8 Å². The van der Waals surface area contributed by atoms with Crippen LogP contribution in [0, 0.1) is 0 Å². The molecule has 0 aliphatic carbocycles. The largest absolute Gasteiger partial charge is 0.287 e. The number of rotatable bonds is 4. The van der Waals surface area contributed by atoms with Gasteiger partial charge in [0.1, 0.15) is 5.69 Å². The predicted molar refractivity (Wildman–Crippen MR) is 80.6 cm³/mol. The number of hydrogen-bond acceptors (Lipinski definition) is 2. The van der Waals surface area contributed by atoms with E-state index in [1.165, 1.54) is 0 Å². The van der Waals surface area contributed by atoms with Gasteiger partial charge in [0, 0.05) is 23.9 Å².